The van der Waals surface area contributed by atoms with E-state index in [1.54, 1.807) is 0 Å². The molecule has 0 saturated heterocycles. The number of ketones is 1. The molecule has 2 N–H and O–H groups in total. The van der Waals surface area contributed by atoms with Crippen molar-refractivity contribution in [1.82, 2.24) is 15.3 Å². The highest BCUT2D eigenvalue weighted by atomic mass is 16.3. The van der Waals surface area contributed by atoms with Crippen LogP contribution in [0.15, 0.2) is 48.9 Å². The highest BCUT2D eigenvalue weighted by Gasteiger charge is 2.10. The monoisotopic (exact) mass is 285 g/mol. The van der Waals surface area contributed by atoms with Gasteiger partial charge in [-0.15, -0.1) is 0 Å². The highest BCUT2D eigenvalue weighted by Crippen LogP contribution is 2.03. The van der Waals surface area contributed by atoms with E-state index in [9.17, 15) is 9.90 Å². The molecule has 0 spiro atoms. The fraction of sp³-hybridized carbons (Fsp3) is 0.312. The van der Waals surface area contributed by atoms with Crippen LogP contribution in [0.4, 0.5) is 0 Å². The molecule has 2 rings (SSSR count). The van der Waals surface area contributed by atoms with E-state index < -0.39 is 0 Å². The van der Waals surface area contributed by atoms with E-state index in [0.717, 1.165) is 12.0 Å². The summed E-state index contributed by atoms with van der Waals surface area (Å²) in [4.78, 5) is 19.7. The van der Waals surface area contributed by atoms with Gasteiger partial charge in [-0.3, -0.25) is 9.78 Å². The Labute approximate surface area is 124 Å². The Morgan fingerprint density at radius 1 is 1.24 bits per heavy atom. The van der Waals surface area contributed by atoms with E-state index in [0.29, 0.717) is 18.7 Å². The maximum absolute atomic E-state index is 11.9. The molecule has 21 heavy (non-hydrogen) atoms. The normalized spacial score (nSPS) is 12.0. The van der Waals surface area contributed by atoms with Crippen LogP contribution in [-0.2, 0) is 6.42 Å². The van der Waals surface area contributed by atoms with Crippen molar-refractivity contribution in [2.45, 2.75) is 18.9 Å². The first kappa shape index (κ1) is 15.3. The number of aliphatic hydroxyl groups excluding tert-OH is 1. The van der Waals surface area contributed by atoms with Crippen molar-refractivity contribution in [3.63, 3.8) is 0 Å². The lowest BCUT2D eigenvalue weighted by Crippen LogP contribution is -2.36. The van der Waals surface area contributed by atoms with Crippen LogP contribution in [0.2, 0.25) is 0 Å². The SMILES string of the molecule is O=C(CCNC(CO)Cc1ccccc1)c1cnccn1. The predicted molar refractivity (Wildman–Crippen MR) is 80.0 cm³/mol. The van der Waals surface area contributed by atoms with Crippen LogP contribution in [0.25, 0.3) is 0 Å². The van der Waals surface area contributed by atoms with Gasteiger partial charge in [0.1, 0.15) is 5.69 Å². The molecule has 0 fully saturated rings. The summed E-state index contributed by atoms with van der Waals surface area (Å²) in [6.07, 6.45) is 5.58. The third-order valence-electron chi connectivity index (χ3n) is 3.18. The number of aliphatic hydroxyl groups is 1. The van der Waals surface area contributed by atoms with Crippen molar-refractivity contribution in [3.8, 4) is 0 Å². The van der Waals surface area contributed by atoms with Gasteiger partial charge in [-0.1, -0.05) is 30.3 Å². The van der Waals surface area contributed by atoms with Crippen molar-refractivity contribution in [2.24, 2.45) is 0 Å². The second-order valence-corrected chi connectivity index (χ2v) is 4.79. The fourth-order valence-corrected chi connectivity index (χ4v) is 2.06. The molecule has 0 amide bonds. The molecule has 5 nitrogen and oxygen atoms in total. The minimum absolute atomic E-state index is 0.0359. The molecule has 1 aromatic carbocycles. The van der Waals surface area contributed by atoms with Crippen LogP contribution in [0, 0.1) is 0 Å². The third kappa shape index (κ3) is 5.06. The number of hydrogen-bond donors (Lipinski definition) is 2. The quantitative estimate of drug-likeness (QED) is 0.714. The van der Waals surface area contributed by atoms with Crippen LogP contribution in [0.5, 0.6) is 0 Å². The molecule has 0 bridgehead atoms. The van der Waals surface area contributed by atoms with Gasteiger partial charge in [-0.05, 0) is 12.0 Å². The second kappa shape index (κ2) is 8.24. The Morgan fingerprint density at radius 2 is 2.05 bits per heavy atom. The molecule has 0 saturated carbocycles. The van der Waals surface area contributed by atoms with Gasteiger partial charge in [0.05, 0.1) is 12.8 Å². The Bertz CT molecular complexity index is 546. The highest BCUT2D eigenvalue weighted by molar-refractivity contribution is 5.93. The van der Waals surface area contributed by atoms with Crippen LogP contribution in [-0.4, -0.2) is 40.1 Å². The number of carbonyl (C=O) groups excluding carboxylic acids is 1. The fourth-order valence-electron chi connectivity index (χ4n) is 2.06. The summed E-state index contributed by atoms with van der Waals surface area (Å²) in [5, 5.41) is 12.6. The number of rotatable bonds is 8. The molecular weight excluding hydrogens is 266 g/mol. The van der Waals surface area contributed by atoms with E-state index >= 15 is 0 Å². The summed E-state index contributed by atoms with van der Waals surface area (Å²) in [6, 6.07) is 9.90. The minimum Gasteiger partial charge on any atom is -0.395 e. The smallest absolute Gasteiger partial charge is 0.184 e. The Balaban J connectivity index is 1.77. The molecule has 5 heteroatoms. The lowest BCUT2D eigenvalue weighted by Gasteiger charge is -2.16. The summed E-state index contributed by atoms with van der Waals surface area (Å²) in [5.74, 6) is -0.0491. The first-order valence-electron chi connectivity index (χ1n) is 6.97. The molecule has 1 aromatic heterocycles. The first-order chi connectivity index (χ1) is 10.3. The predicted octanol–water partition coefficient (Wildman–Crippen LogP) is 1.24. The average Bonchev–Trinajstić information content (AvgIpc) is 2.55. The molecule has 2 aromatic rings. The summed E-state index contributed by atoms with van der Waals surface area (Å²) in [5.41, 5.74) is 1.53. The Hall–Kier alpha value is -2.11. The van der Waals surface area contributed by atoms with Gasteiger partial charge in [0.15, 0.2) is 5.78 Å². The zero-order valence-electron chi connectivity index (χ0n) is 11.8. The third-order valence-corrected chi connectivity index (χ3v) is 3.18. The van der Waals surface area contributed by atoms with E-state index in [1.807, 2.05) is 30.3 Å². The average molecular weight is 285 g/mol. The van der Waals surface area contributed by atoms with Gasteiger partial charge < -0.3 is 10.4 Å². The number of aromatic nitrogens is 2. The van der Waals surface area contributed by atoms with Crippen molar-refractivity contribution < 1.29 is 9.90 Å². The molecule has 0 aliphatic rings. The van der Waals surface area contributed by atoms with Crippen LogP contribution < -0.4 is 5.32 Å². The minimum atomic E-state index is -0.0537. The second-order valence-electron chi connectivity index (χ2n) is 4.79. The number of carbonyl (C=O) groups is 1. The zero-order chi connectivity index (χ0) is 14.9. The topological polar surface area (TPSA) is 75.1 Å². The lowest BCUT2D eigenvalue weighted by atomic mass is 10.1. The Morgan fingerprint density at radius 3 is 2.71 bits per heavy atom. The molecular formula is C16H19N3O2. The maximum Gasteiger partial charge on any atom is 0.184 e. The van der Waals surface area contributed by atoms with Gasteiger partial charge >= 0.3 is 0 Å². The van der Waals surface area contributed by atoms with Gasteiger partial charge in [0, 0.05) is 31.4 Å². The van der Waals surface area contributed by atoms with Crippen molar-refractivity contribution in [2.75, 3.05) is 13.2 Å². The molecule has 0 radical (unpaired) electrons. The molecule has 1 atom stereocenters. The van der Waals surface area contributed by atoms with Crippen molar-refractivity contribution in [1.29, 1.82) is 0 Å². The van der Waals surface area contributed by atoms with Gasteiger partial charge in [0.25, 0.3) is 0 Å². The van der Waals surface area contributed by atoms with E-state index in [2.05, 4.69) is 15.3 Å². The largest absolute Gasteiger partial charge is 0.395 e. The van der Waals surface area contributed by atoms with E-state index in [-0.39, 0.29) is 18.4 Å². The van der Waals surface area contributed by atoms with Gasteiger partial charge in [-0.2, -0.15) is 0 Å². The summed E-state index contributed by atoms with van der Waals surface area (Å²) in [6.45, 7) is 0.543. The van der Waals surface area contributed by atoms with E-state index in [4.69, 9.17) is 0 Å². The number of benzene rings is 1. The molecule has 110 valence electrons. The zero-order valence-corrected chi connectivity index (χ0v) is 11.8. The standard InChI is InChI=1S/C16H19N3O2/c20-12-14(10-13-4-2-1-3-5-13)18-7-6-16(21)15-11-17-8-9-19-15/h1-5,8-9,11,14,18,20H,6-7,10,12H2. The van der Waals surface area contributed by atoms with Crippen molar-refractivity contribution >= 4 is 5.78 Å². The summed E-state index contributed by atoms with van der Waals surface area (Å²) in [7, 11) is 0. The number of nitrogens with one attached hydrogen (secondary N) is 1. The Kier molecular flexibility index (Phi) is 5.99. The van der Waals surface area contributed by atoms with Crippen LogP contribution in [0.3, 0.4) is 0 Å². The van der Waals surface area contributed by atoms with Crippen molar-refractivity contribution in [3.05, 3.63) is 60.2 Å². The summed E-state index contributed by atoms with van der Waals surface area (Å²) < 4.78 is 0. The molecule has 1 unspecified atom stereocenters. The molecule has 0 aliphatic heterocycles. The van der Waals surface area contributed by atoms with E-state index in [1.165, 1.54) is 18.6 Å². The number of hydrogen-bond acceptors (Lipinski definition) is 5. The van der Waals surface area contributed by atoms with Crippen LogP contribution >= 0.6 is 0 Å². The first-order valence-corrected chi connectivity index (χ1v) is 6.97. The molecule has 0 aliphatic carbocycles. The maximum atomic E-state index is 11.9. The number of Topliss-reactive ketones (excluding diaryl/α,β-unsaturated/α-hetero) is 1. The number of nitrogens with zero attached hydrogens (tertiary/aromatic N) is 2. The lowest BCUT2D eigenvalue weighted by molar-refractivity contribution is 0.0974. The van der Waals surface area contributed by atoms with Crippen LogP contribution in [0.1, 0.15) is 22.5 Å². The summed E-state index contributed by atoms with van der Waals surface area (Å²) >= 11 is 0. The molecule has 1 heterocycles. The van der Waals surface area contributed by atoms with Gasteiger partial charge in [-0.25, -0.2) is 4.98 Å². The van der Waals surface area contributed by atoms with Gasteiger partial charge in [0.2, 0.25) is 0 Å².